The van der Waals surface area contributed by atoms with Crippen molar-refractivity contribution >= 4 is 23.0 Å². The predicted octanol–water partition coefficient (Wildman–Crippen LogP) is 2.44. The number of nitrogens with one attached hydrogen (secondary N) is 1. The van der Waals surface area contributed by atoms with Crippen LogP contribution < -0.4 is 15.8 Å². The molecule has 0 atom stereocenters. The molecule has 1 rings (SSSR count). The number of nitrogens with two attached hydrogens (primary N) is 1. The minimum atomic E-state index is 0.124. The van der Waals surface area contributed by atoms with Gasteiger partial charge in [0.15, 0.2) is 5.11 Å². The van der Waals surface area contributed by atoms with Crippen molar-refractivity contribution in [2.75, 3.05) is 5.32 Å². The molecule has 0 aliphatic rings. The van der Waals surface area contributed by atoms with Crippen LogP contribution in [-0.2, 0) is 0 Å². The van der Waals surface area contributed by atoms with Gasteiger partial charge in [0.05, 0.1) is 11.8 Å². The van der Waals surface area contributed by atoms with Gasteiger partial charge in [-0.15, -0.1) is 0 Å². The molecule has 1 aromatic carbocycles. The Labute approximate surface area is 95.6 Å². The van der Waals surface area contributed by atoms with Crippen molar-refractivity contribution in [1.82, 2.24) is 0 Å². The maximum atomic E-state index is 5.65. The Morgan fingerprint density at radius 2 is 2.13 bits per heavy atom. The van der Waals surface area contributed by atoms with Crippen molar-refractivity contribution in [3.8, 4) is 5.75 Å². The van der Waals surface area contributed by atoms with E-state index in [9.17, 15) is 0 Å². The summed E-state index contributed by atoms with van der Waals surface area (Å²) in [5, 5.41) is 3.18. The minimum Gasteiger partial charge on any atom is -0.489 e. The summed E-state index contributed by atoms with van der Waals surface area (Å²) in [4.78, 5) is 0. The van der Waals surface area contributed by atoms with E-state index in [0.29, 0.717) is 0 Å². The second kappa shape index (κ2) is 4.98. The molecule has 4 heteroatoms. The lowest BCUT2D eigenvalue weighted by atomic mass is 10.2. The Morgan fingerprint density at radius 3 is 2.67 bits per heavy atom. The number of aryl methyl sites for hydroxylation is 1. The average molecular weight is 224 g/mol. The van der Waals surface area contributed by atoms with E-state index in [1.807, 2.05) is 39.0 Å². The lowest BCUT2D eigenvalue weighted by Crippen LogP contribution is -2.20. The highest BCUT2D eigenvalue weighted by Gasteiger charge is 2.08. The highest BCUT2D eigenvalue weighted by Crippen LogP contribution is 2.28. The molecule has 0 heterocycles. The van der Waals surface area contributed by atoms with Gasteiger partial charge in [-0.25, -0.2) is 0 Å². The molecule has 0 bridgehead atoms. The van der Waals surface area contributed by atoms with E-state index in [1.54, 1.807) is 0 Å². The summed E-state index contributed by atoms with van der Waals surface area (Å²) in [5.41, 5.74) is 7.36. The second-order valence-electron chi connectivity index (χ2n) is 3.60. The molecule has 0 fully saturated rings. The molecule has 82 valence electrons. The first-order valence-electron chi connectivity index (χ1n) is 4.83. The molecule has 3 nitrogen and oxygen atoms in total. The van der Waals surface area contributed by atoms with Crippen LogP contribution in [0.4, 0.5) is 5.69 Å². The normalized spacial score (nSPS) is 10.1. The molecule has 15 heavy (non-hydrogen) atoms. The van der Waals surface area contributed by atoms with Gasteiger partial charge in [0, 0.05) is 0 Å². The lowest BCUT2D eigenvalue weighted by Gasteiger charge is -2.16. The largest absolute Gasteiger partial charge is 0.489 e. The van der Waals surface area contributed by atoms with Gasteiger partial charge in [0.2, 0.25) is 0 Å². The summed E-state index contributed by atoms with van der Waals surface area (Å²) < 4.78 is 5.65. The van der Waals surface area contributed by atoms with Crippen LogP contribution >= 0.6 is 12.2 Å². The zero-order valence-electron chi connectivity index (χ0n) is 9.20. The van der Waals surface area contributed by atoms with Crippen molar-refractivity contribution < 1.29 is 4.74 Å². The Hall–Kier alpha value is -1.29. The first-order valence-corrected chi connectivity index (χ1v) is 5.24. The molecule has 0 saturated heterocycles. The fraction of sp³-hybridized carbons (Fsp3) is 0.364. The monoisotopic (exact) mass is 224 g/mol. The van der Waals surface area contributed by atoms with Gasteiger partial charge in [-0.3, -0.25) is 0 Å². The SMILES string of the molecule is Cc1cccc(OC(C)C)c1NC(N)=S. The molecule has 0 unspecified atom stereocenters. The summed E-state index contributed by atoms with van der Waals surface area (Å²) in [6.45, 7) is 5.94. The Kier molecular flexibility index (Phi) is 3.91. The number of anilines is 1. The molecule has 0 amide bonds. The van der Waals surface area contributed by atoms with Crippen molar-refractivity contribution in [2.24, 2.45) is 5.73 Å². The van der Waals surface area contributed by atoms with Crippen LogP contribution in [0.15, 0.2) is 18.2 Å². The maximum absolute atomic E-state index is 5.65. The summed E-state index contributed by atoms with van der Waals surface area (Å²) in [6.07, 6.45) is 0.124. The van der Waals surface area contributed by atoms with Crippen LogP contribution in [0.25, 0.3) is 0 Å². The van der Waals surface area contributed by atoms with E-state index in [2.05, 4.69) is 5.32 Å². The van der Waals surface area contributed by atoms with Crippen LogP contribution in [0.5, 0.6) is 5.75 Å². The van der Waals surface area contributed by atoms with E-state index in [0.717, 1.165) is 17.0 Å². The standard InChI is InChI=1S/C11H16N2OS/c1-7(2)14-9-6-4-5-8(3)10(9)13-11(12)15/h4-7H,1-3H3,(H3,12,13,15). The van der Waals surface area contributed by atoms with Crippen LogP contribution in [-0.4, -0.2) is 11.2 Å². The minimum absolute atomic E-state index is 0.124. The van der Waals surface area contributed by atoms with Crippen LogP contribution in [0.2, 0.25) is 0 Å². The predicted molar refractivity (Wildman–Crippen MR) is 67.4 cm³/mol. The summed E-state index contributed by atoms with van der Waals surface area (Å²) >= 11 is 4.82. The number of para-hydroxylation sites is 1. The fourth-order valence-electron chi connectivity index (χ4n) is 1.28. The summed E-state index contributed by atoms with van der Waals surface area (Å²) in [6, 6.07) is 5.82. The second-order valence-corrected chi connectivity index (χ2v) is 4.04. The van der Waals surface area contributed by atoms with Crippen molar-refractivity contribution in [3.05, 3.63) is 23.8 Å². The fourth-order valence-corrected chi connectivity index (χ4v) is 1.38. The lowest BCUT2D eigenvalue weighted by molar-refractivity contribution is 0.243. The molecule has 0 aromatic heterocycles. The van der Waals surface area contributed by atoms with E-state index in [4.69, 9.17) is 22.7 Å². The van der Waals surface area contributed by atoms with E-state index < -0.39 is 0 Å². The molecule has 1 aromatic rings. The first kappa shape index (κ1) is 11.8. The van der Waals surface area contributed by atoms with Crippen LogP contribution in [0.1, 0.15) is 19.4 Å². The number of benzene rings is 1. The highest BCUT2D eigenvalue weighted by atomic mass is 32.1. The zero-order chi connectivity index (χ0) is 11.4. The van der Waals surface area contributed by atoms with Gasteiger partial charge in [0.1, 0.15) is 5.75 Å². The summed E-state index contributed by atoms with van der Waals surface area (Å²) in [7, 11) is 0. The molecule has 0 spiro atoms. The van der Waals surface area contributed by atoms with E-state index in [1.165, 1.54) is 0 Å². The molecular weight excluding hydrogens is 208 g/mol. The number of rotatable bonds is 3. The van der Waals surface area contributed by atoms with Gasteiger partial charge in [-0.1, -0.05) is 12.1 Å². The molecular formula is C11H16N2OS. The quantitative estimate of drug-likeness (QED) is 0.774. The van der Waals surface area contributed by atoms with Crippen LogP contribution in [0.3, 0.4) is 0 Å². The maximum Gasteiger partial charge on any atom is 0.168 e. The topological polar surface area (TPSA) is 47.3 Å². The third kappa shape index (κ3) is 3.40. The zero-order valence-corrected chi connectivity index (χ0v) is 10.0. The molecule has 3 N–H and O–H groups in total. The molecule has 0 aliphatic heterocycles. The van der Waals surface area contributed by atoms with Crippen molar-refractivity contribution in [1.29, 1.82) is 0 Å². The highest BCUT2D eigenvalue weighted by molar-refractivity contribution is 7.80. The van der Waals surface area contributed by atoms with E-state index in [-0.39, 0.29) is 11.2 Å². The van der Waals surface area contributed by atoms with Crippen molar-refractivity contribution in [3.63, 3.8) is 0 Å². The van der Waals surface area contributed by atoms with E-state index >= 15 is 0 Å². The Balaban J connectivity index is 3.02. The van der Waals surface area contributed by atoms with Gasteiger partial charge in [-0.2, -0.15) is 0 Å². The Morgan fingerprint density at radius 1 is 1.47 bits per heavy atom. The summed E-state index contributed by atoms with van der Waals surface area (Å²) in [5.74, 6) is 0.776. The molecule has 0 saturated carbocycles. The molecule has 0 radical (unpaired) electrons. The van der Waals surface area contributed by atoms with Gasteiger partial charge >= 0.3 is 0 Å². The van der Waals surface area contributed by atoms with Gasteiger partial charge in [-0.05, 0) is 44.6 Å². The van der Waals surface area contributed by atoms with Crippen LogP contribution in [0, 0.1) is 6.92 Å². The first-order chi connectivity index (χ1) is 7.00. The number of hydrogen-bond acceptors (Lipinski definition) is 2. The number of ether oxygens (including phenoxy) is 1. The smallest absolute Gasteiger partial charge is 0.168 e. The third-order valence-corrected chi connectivity index (χ3v) is 1.95. The molecule has 0 aliphatic carbocycles. The van der Waals surface area contributed by atoms with Crippen molar-refractivity contribution in [2.45, 2.75) is 26.9 Å². The number of thiocarbonyl (C=S) groups is 1. The van der Waals surface area contributed by atoms with Gasteiger partial charge in [0.25, 0.3) is 0 Å². The van der Waals surface area contributed by atoms with Gasteiger partial charge < -0.3 is 15.8 Å². The average Bonchev–Trinajstić information content (AvgIpc) is 2.09. The third-order valence-electron chi connectivity index (χ3n) is 1.85. The Bertz CT molecular complexity index is 364. The number of hydrogen-bond donors (Lipinski definition) is 2.